The summed E-state index contributed by atoms with van der Waals surface area (Å²) >= 11 is 3.52. The van der Waals surface area contributed by atoms with E-state index in [2.05, 4.69) is 45.7 Å². The number of rotatable bonds is 6. The van der Waals surface area contributed by atoms with Crippen LogP contribution in [0.5, 0.6) is 0 Å². The zero-order chi connectivity index (χ0) is 17.8. The molecule has 140 valence electrons. The molecule has 0 aromatic carbocycles. The summed E-state index contributed by atoms with van der Waals surface area (Å²) in [5.74, 6) is 1.15. The average molecular weight is 389 g/mol. The lowest BCUT2D eigenvalue weighted by atomic mass is 9.96. The van der Waals surface area contributed by atoms with Crippen molar-refractivity contribution in [3.8, 4) is 0 Å². The van der Waals surface area contributed by atoms with E-state index in [1.54, 1.807) is 22.7 Å². The highest BCUT2D eigenvalue weighted by Crippen LogP contribution is 2.39. The minimum atomic E-state index is 0.000556. The topological polar surface area (TPSA) is 41.1 Å². The molecule has 2 heterocycles. The van der Waals surface area contributed by atoms with E-state index in [1.807, 2.05) is 0 Å². The number of carbonyl (C=O) groups excluding carboxylic acids is 1. The van der Waals surface area contributed by atoms with Gasteiger partial charge < -0.3 is 10.6 Å². The first-order chi connectivity index (χ1) is 12.8. The van der Waals surface area contributed by atoms with Crippen LogP contribution in [-0.4, -0.2) is 6.03 Å². The van der Waals surface area contributed by atoms with Crippen molar-refractivity contribution in [2.75, 3.05) is 0 Å². The molecule has 0 unspecified atom stereocenters. The molecule has 2 N–H and O–H groups in total. The summed E-state index contributed by atoms with van der Waals surface area (Å²) in [6, 6.07) is 8.84. The summed E-state index contributed by atoms with van der Waals surface area (Å²) in [4.78, 5) is 15.5. The molecule has 5 heteroatoms. The number of urea groups is 1. The number of nitrogens with one attached hydrogen (secondary N) is 2. The molecule has 2 atom stereocenters. The number of carbonyl (C=O) groups is 1. The van der Waals surface area contributed by atoms with Gasteiger partial charge in [0.15, 0.2) is 0 Å². The first-order valence-corrected chi connectivity index (χ1v) is 11.7. The van der Waals surface area contributed by atoms with Crippen LogP contribution in [0.2, 0.25) is 0 Å². The molecule has 4 rings (SSSR count). The Bertz CT molecular complexity index is 613. The second kappa shape index (κ2) is 8.57. The monoisotopic (exact) mass is 388 g/mol. The molecule has 2 aromatic rings. The van der Waals surface area contributed by atoms with Crippen molar-refractivity contribution >= 4 is 28.7 Å². The van der Waals surface area contributed by atoms with Gasteiger partial charge in [-0.25, -0.2) is 4.79 Å². The van der Waals surface area contributed by atoms with Crippen LogP contribution in [0, 0.1) is 11.8 Å². The van der Waals surface area contributed by atoms with Crippen LogP contribution >= 0.6 is 22.7 Å². The molecule has 2 aliphatic carbocycles. The van der Waals surface area contributed by atoms with Gasteiger partial charge in [-0.2, -0.15) is 0 Å². The molecule has 2 fully saturated rings. The fourth-order valence-electron chi connectivity index (χ4n) is 4.68. The summed E-state index contributed by atoms with van der Waals surface area (Å²) < 4.78 is 0. The predicted octanol–water partition coefficient (Wildman–Crippen LogP) is 6.27. The van der Waals surface area contributed by atoms with Gasteiger partial charge in [-0.1, -0.05) is 37.8 Å². The number of hydrogen-bond acceptors (Lipinski definition) is 3. The lowest BCUT2D eigenvalue weighted by Crippen LogP contribution is -2.43. The highest BCUT2D eigenvalue weighted by molar-refractivity contribution is 7.10. The first-order valence-electron chi connectivity index (χ1n) is 9.95. The van der Waals surface area contributed by atoms with Crippen molar-refractivity contribution in [3.63, 3.8) is 0 Å². The Morgan fingerprint density at radius 2 is 1.23 bits per heavy atom. The fourth-order valence-corrected chi connectivity index (χ4v) is 6.42. The molecule has 0 aliphatic heterocycles. The van der Waals surface area contributed by atoms with Gasteiger partial charge in [0.05, 0.1) is 12.1 Å². The lowest BCUT2D eigenvalue weighted by molar-refractivity contribution is 0.222. The van der Waals surface area contributed by atoms with E-state index in [-0.39, 0.29) is 18.1 Å². The Morgan fingerprint density at radius 1 is 0.808 bits per heavy atom. The molecule has 2 aliphatic rings. The van der Waals surface area contributed by atoms with E-state index in [9.17, 15) is 4.79 Å². The summed E-state index contributed by atoms with van der Waals surface area (Å²) in [7, 11) is 0. The highest BCUT2D eigenvalue weighted by atomic mass is 32.1. The van der Waals surface area contributed by atoms with Crippen molar-refractivity contribution in [1.82, 2.24) is 10.6 Å². The molecular formula is C21H28N2OS2. The normalized spacial score (nSPS) is 20.9. The third kappa shape index (κ3) is 4.15. The maximum atomic E-state index is 13.0. The second-order valence-electron chi connectivity index (χ2n) is 7.69. The largest absolute Gasteiger partial charge is 0.330 e. The molecule has 2 amide bonds. The first kappa shape index (κ1) is 18.1. The van der Waals surface area contributed by atoms with Gasteiger partial charge in [0.1, 0.15) is 0 Å². The predicted molar refractivity (Wildman–Crippen MR) is 110 cm³/mol. The lowest BCUT2D eigenvalue weighted by Gasteiger charge is -2.28. The van der Waals surface area contributed by atoms with Crippen LogP contribution in [-0.2, 0) is 0 Å². The van der Waals surface area contributed by atoms with Crippen LogP contribution in [0.4, 0.5) is 4.79 Å². The van der Waals surface area contributed by atoms with Crippen LogP contribution in [0.3, 0.4) is 0 Å². The molecule has 2 saturated carbocycles. The number of thiophene rings is 2. The van der Waals surface area contributed by atoms with Crippen molar-refractivity contribution in [3.05, 3.63) is 44.8 Å². The quantitative estimate of drug-likeness (QED) is 0.601. The summed E-state index contributed by atoms with van der Waals surface area (Å²) in [5.41, 5.74) is 0. The van der Waals surface area contributed by atoms with Crippen molar-refractivity contribution in [2.45, 2.75) is 63.5 Å². The van der Waals surface area contributed by atoms with Crippen LogP contribution in [0.25, 0.3) is 0 Å². The fraction of sp³-hybridized carbons (Fsp3) is 0.571. The highest BCUT2D eigenvalue weighted by Gasteiger charge is 2.31. The minimum absolute atomic E-state index is 0.000556. The SMILES string of the molecule is O=C(N[C@H](c1cccs1)C1CCCC1)N[C@@H](c1cccs1)C1CCCC1. The molecule has 0 bridgehead atoms. The molecule has 0 saturated heterocycles. The Balaban J connectivity index is 1.46. The van der Waals surface area contributed by atoms with Gasteiger partial charge in [0.2, 0.25) is 0 Å². The van der Waals surface area contributed by atoms with Gasteiger partial charge in [-0.05, 0) is 60.4 Å². The van der Waals surface area contributed by atoms with Gasteiger partial charge in [-0.15, -0.1) is 22.7 Å². The summed E-state index contributed by atoms with van der Waals surface area (Å²) in [6.45, 7) is 0. The van der Waals surface area contributed by atoms with Crippen molar-refractivity contribution < 1.29 is 4.79 Å². The maximum Gasteiger partial charge on any atom is 0.315 e. The Hall–Kier alpha value is -1.33. The van der Waals surface area contributed by atoms with Gasteiger partial charge >= 0.3 is 6.03 Å². The standard InChI is InChI=1S/C21H28N2OS2/c24-21(22-19(15-7-1-2-8-15)17-11-5-13-25-17)23-20(16-9-3-4-10-16)18-12-6-14-26-18/h5-6,11-16,19-20H,1-4,7-10H2,(H2,22,23,24)/t19-,20+. The van der Waals surface area contributed by atoms with Crippen LogP contribution < -0.4 is 10.6 Å². The summed E-state index contributed by atoms with van der Waals surface area (Å²) in [5, 5.41) is 10.9. The average Bonchev–Trinajstić information content (AvgIpc) is 3.44. The van der Waals surface area contributed by atoms with Crippen LogP contribution in [0.1, 0.15) is 73.2 Å². The number of amides is 2. The molecule has 2 aromatic heterocycles. The number of hydrogen-bond donors (Lipinski definition) is 2. The molecule has 26 heavy (non-hydrogen) atoms. The van der Waals surface area contributed by atoms with Gasteiger partial charge in [-0.3, -0.25) is 0 Å². The molecular weight excluding hydrogens is 360 g/mol. The zero-order valence-electron chi connectivity index (χ0n) is 15.2. The third-order valence-corrected chi connectivity index (χ3v) is 7.93. The van der Waals surface area contributed by atoms with Crippen molar-refractivity contribution in [1.29, 1.82) is 0 Å². The second-order valence-corrected chi connectivity index (χ2v) is 9.65. The van der Waals surface area contributed by atoms with E-state index >= 15 is 0 Å². The minimum Gasteiger partial charge on any atom is -0.330 e. The van der Waals surface area contributed by atoms with Gasteiger partial charge in [0.25, 0.3) is 0 Å². The Kier molecular flexibility index (Phi) is 5.95. The van der Waals surface area contributed by atoms with E-state index in [0.29, 0.717) is 11.8 Å². The van der Waals surface area contributed by atoms with Crippen molar-refractivity contribution in [2.24, 2.45) is 11.8 Å². The van der Waals surface area contributed by atoms with E-state index in [1.165, 1.54) is 61.1 Å². The zero-order valence-corrected chi connectivity index (χ0v) is 16.8. The maximum absolute atomic E-state index is 13.0. The molecule has 0 radical (unpaired) electrons. The van der Waals surface area contributed by atoms with E-state index < -0.39 is 0 Å². The summed E-state index contributed by atoms with van der Waals surface area (Å²) in [6.07, 6.45) is 10.0. The Morgan fingerprint density at radius 3 is 1.58 bits per heavy atom. The molecule has 0 spiro atoms. The molecule has 3 nitrogen and oxygen atoms in total. The van der Waals surface area contributed by atoms with Crippen LogP contribution in [0.15, 0.2) is 35.0 Å². The Labute approximate surface area is 164 Å². The van der Waals surface area contributed by atoms with Gasteiger partial charge in [0, 0.05) is 9.75 Å². The van der Waals surface area contributed by atoms with E-state index in [0.717, 1.165) is 0 Å². The van der Waals surface area contributed by atoms with E-state index in [4.69, 9.17) is 0 Å². The third-order valence-electron chi connectivity index (χ3n) is 6.02. The smallest absolute Gasteiger partial charge is 0.315 e.